The fraction of sp³-hybridized carbons (Fsp3) is 0.273. The van der Waals surface area contributed by atoms with Crippen molar-refractivity contribution in [3.63, 3.8) is 0 Å². The number of aryl methyl sites for hydroxylation is 2. The maximum absolute atomic E-state index is 11.6. The van der Waals surface area contributed by atoms with Crippen LogP contribution in [0.15, 0.2) is 12.3 Å². The number of aromatic carboxylic acids is 1. The molecule has 2 aromatic heterocycles. The Kier molecular flexibility index (Phi) is 3.99. The van der Waals surface area contributed by atoms with E-state index in [0.29, 0.717) is 16.5 Å². The van der Waals surface area contributed by atoms with E-state index < -0.39 is 12.0 Å². The number of hydrogen-bond acceptors (Lipinski definition) is 5. The fourth-order valence-corrected chi connectivity index (χ4v) is 2.37. The summed E-state index contributed by atoms with van der Waals surface area (Å²) in [7, 11) is 1.74. The van der Waals surface area contributed by atoms with Crippen LogP contribution < -0.4 is 10.6 Å². The highest BCUT2D eigenvalue weighted by molar-refractivity contribution is 7.13. The summed E-state index contributed by atoms with van der Waals surface area (Å²) in [6.45, 7) is 1.79. The molecule has 0 unspecified atom stereocenters. The molecular formula is C11H13N5O3S. The van der Waals surface area contributed by atoms with Crippen LogP contribution in [0, 0.1) is 6.92 Å². The maximum Gasteiger partial charge on any atom is 0.347 e. The number of carboxylic acids is 1. The Labute approximate surface area is 118 Å². The molecule has 0 atom stereocenters. The van der Waals surface area contributed by atoms with Gasteiger partial charge in [-0.05, 0) is 6.92 Å². The Morgan fingerprint density at radius 2 is 2.25 bits per heavy atom. The Morgan fingerprint density at radius 3 is 2.80 bits per heavy atom. The van der Waals surface area contributed by atoms with Crippen molar-refractivity contribution in [1.29, 1.82) is 0 Å². The number of urea groups is 1. The molecule has 9 heteroatoms. The van der Waals surface area contributed by atoms with Gasteiger partial charge in [-0.2, -0.15) is 5.10 Å². The minimum absolute atomic E-state index is 0.164. The van der Waals surface area contributed by atoms with Crippen LogP contribution in [0.25, 0.3) is 0 Å². The minimum Gasteiger partial charge on any atom is -0.477 e. The van der Waals surface area contributed by atoms with Gasteiger partial charge in [0.25, 0.3) is 0 Å². The zero-order chi connectivity index (χ0) is 14.7. The summed E-state index contributed by atoms with van der Waals surface area (Å²) in [6, 6.07) is 1.24. The third-order valence-corrected chi connectivity index (χ3v) is 3.54. The third-order valence-electron chi connectivity index (χ3n) is 2.39. The van der Waals surface area contributed by atoms with Crippen molar-refractivity contribution in [1.82, 2.24) is 20.1 Å². The smallest absolute Gasteiger partial charge is 0.347 e. The van der Waals surface area contributed by atoms with Gasteiger partial charge in [0.2, 0.25) is 0 Å². The van der Waals surface area contributed by atoms with Gasteiger partial charge in [0.1, 0.15) is 9.88 Å². The molecule has 0 saturated carbocycles. The summed E-state index contributed by atoms with van der Waals surface area (Å²) in [6.07, 6.45) is 1.71. The van der Waals surface area contributed by atoms with Crippen molar-refractivity contribution in [2.75, 3.05) is 5.32 Å². The average Bonchev–Trinajstić information content (AvgIpc) is 2.93. The lowest BCUT2D eigenvalue weighted by Crippen LogP contribution is -2.28. The van der Waals surface area contributed by atoms with Gasteiger partial charge in [-0.1, -0.05) is 0 Å². The van der Waals surface area contributed by atoms with E-state index in [4.69, 9.17) is 5.11 Å². The molecule has 8 nitrogen and oxygen atoms in total. The molecule has 0 aliphatic carbocycles. The molecule has 0 fully saturated rings. The van der Waals surface area contributed by atoms with Gasteiger partial charge in [-0.3, -0.25) is 10.00 Å². The summed E-state index contributed by atoms with van der Waals surface area (Å²) >= 11 is 1.05. The SMILES string of the molecule is Cc1nc(CNC(=O)Nc2ccn(C)n2)sc1C(=O)O. The molecule has 0 aliphatic rings. The van der Waals surface area contributed by atoms with E-state index >= 15 is 0 Å². The van der Waals surface area contributed by atoms with Crippen LogP contribution in [-0.4, -0.2) is 31.9 Å². The number of amides is 2. The molecule has 2 amide bonds. The predicted octanol–water partition coefficient (Wildman–Crippen LogP) is 1.20. The Morgan fingerprint density at radius 1 is 1.50 bits per heavy atom. The van der Waals surface area contributed by atoms with Crippen LogP contribution in [0.2, 0.25) is 0 Å². The number of carbonyl (C=O) groups is 2. The Bertz CT molecular complexity index is 648. The van der Waals surface area contributed by atoms with Crippen LogP contribution >= 0.6 is 11.3 Å². The van der Waals surface area contributed by atoms with E-state index in [9.17, 15) is 9.59 Å². The number of nitrogens with one attached hydrogen (secondary N) is 2. The standard InChI is InChI=1S/C11H13N5O3S/c1-6-9(10(17)18)20-8(13-6)5-12-11(19)14-7-3-4-16(2)15-7/h3-4H,5H2,1-2H3,(H,17,18)(H2,12,14,15,19). The van der Waals surface area contributed by atoms with E-state index in [1.165, 1.54) is 0 Å². The number of rotatable bonds is 4. The lowest BCUT2D eigenvalue weighted by atomic mass is 10.4. The van der Waals surface area contributed by atoms with Crippen LogP contribution in [0.4, 0.5) is 10.6 Å². The van der Waals surface area contributed by atoms with Crippen molar-refractivity contribution in [3.05, 3.63) is 27.8 Å². The van der Waals surface area contributed by atoms with Gasteiger partial charge in [0.05, 0.1) is 12.2 Å². The number of carbonyl (C=O) groups excluding carboxylic acids is 1. The average molecular weight is 295 g/mol. The van der Waals surface area contributed by atoms with E-state index in [0.717, 1.165) is 11.3 Å². The number of hydrogen-bond donors (Lipinski definition) is 3. The number of anilines is 1. The number of thiazole rings is 1. The van der Waals surface area contributed by atoms with Crippen molar-refractivity contribution in [2.24, 2.45) is 7.05 Å². The molecular weight excluding hydrogens is 282 g/mol. The van der Waals surface area contributed by atoms with Gasteiger partial charge >= 0.3 is 12.0 Å². The van der Waals surface area contributed by atoms with Crippen molar-refractivity contribution >= 4 is 29.2 Å². The van der Waals surface area contributed by atoms with E-state index in [1.54, 1.807) is 30.9 Å². The Balaban J connectivity index is 1.90. The van der Waals surface area contributed by atoms with E-state index in [-0.39, 0.29) is 11.4 Å². The Hall–Kier alpha value is -2.42. The number of aromatic nitrogens is 3. The lowest BCUT2D eigenvalue weighted by molar-refractivity contribution is 0.0701. The number of carboxylic acid groups (broad SMARTS) is 1. The largest absolute Gasteiger partial charge is 0.477 e. The molecule has 0 bridgehead atoms. The predicted molar refractivity (Wildman–Crippen MR) is 72.9 cm³/mol. The molecule has 2 rings (SSSR count). The van der Waals surface area contributed by atoms with Crippen LogP contribution in [0.5, 0.6) is 0 Å². The molecule has 0 aromatic carbocycles. The first-order chi connectivity index (χ1) is 9.45. The molecule has 0 saturated heterocycles. The molecule has 0 spiro atoms. The first kappa shape index (κ1) is 14.0. The highest BCUT2D eigenvalue weighted by atomic mass is 32.1. The first-order valence-electron chi connectivity index (χ1n) is 5.70. The highest BCUT2D eigenvalue weighted by Crippen LogP contribution is 2.17. The zero-order valence-corrected chi connectivity index (χ0v) is 11.7. The molecule has 106 valence electrons. The van der Waals surface area contributed by atoms with Gasteiger partial charge in [0.15, 0.2) is 5.82 Å². The van der Waals surface area contributed by atoms with E-state index in [2.05, 4.69) is 20.7 Å². The van der Waals surface area contributed by atoms with Gasteiger partial charge in [-0.15, -0.1) is 11.3 Å². The molecule has 0 aliphatic heterocycles. The van der Waals surface area contributed by atoms with Gasteiger partial charge in [0, 0.05) is 19.3 Å². The molecule has 2 heterocycles. The van der Waals surface area contributed by atoms with Crippen molar-refractivity contribution in [3.8, 4) is 0 Å². The van der Waals surface area contributed by atoms with Gasteiger partial charge < -0.3 is 10.4 Å². The maximum atomic E-state index is 11.6. The summed E-state index contributed by atoms with van der Waals surface area (Å²) in [5.41, 5.74) is 0.449. The van der Waals surface area contributed by atoms with Crippen LogP contribution in [-0.2, 0) is 13.6 Å². The van der Waals surface area contributed by atoms with Crippen molar-refractivity contribution in [2.45, 2.75) is 13.5 Å². The van der Waals surface area contributed by atoms with E-state index in [1.807, 2.05) is 0 Å². The summed E-state index contributed by atoms with van der Waals surface area (Å²) in [5, 5.41) is 18.6. The molecule has 0 radical (unpaired) electrons. The second-order valence-corrected chi connectivity index (χ2v) is 5.09. The minimum atomic E-state index is -1.01. The normalized spacial score (nSPS) is 10.3. The highest BCUT2D eigenvalue weighted by Gasteiger charge is 2.14. The summed E-state index contributed by atoms with van der Waals surface area (Å²) in [5.74, 6) is -0.573. The first-order valence-corrected chi connectivity index (χ1v) is 6.51. The third kappa shape index (κ3) is 3.32. The lowest BCUT2D eigenvalue weighted by Gasteiger charge is -2.03. The fourth-order valence-electron chi connectivity index (χ4n) is 1.52. The summed E-state index contributed by atoms with van der Waals surface area (Å²) in [4.78, 5) is 26.8. The monoisotopic (exact) mass is 295 g/mol. The molecule has 2 aromatic rings. The van der Waals surface area contributed by atoms with Gasteiger partial charge in [-0.25, -0.2) is 14.6 Å². The topological polar surface area (TPSA) is 109 Å². The molecule has 3 N–H and O–H groups in total. The van der Waals surface area contributed by atoms with Crippen LogP contribution in [0.1, 0.15) is 20.4 Å². The zero-order valence-electron chi connectivity index (χ0n) is 10.9. The number of nitrogens with zero attached hydrogens (tertiary/aromatic N) is 3. The van der Waals surface area contributed by atoms with Crippen molar-refractivity contribution < 1.29 is 14.7 Å². The molecule has 20 heavy (non-hydrogen) atoms. The summed E-state index contributed by atoms with van der Waals surface area (Å²) < 4.78 is 1.57. The van der Waals surface area contributed by atoms with Crippen LogP contribution in [0.3, 0.4) is 0 Å². The quantitative estimate of drug-likeness (QED) is 0.785. The second-order valence-electron chi connectivity index (χ2n) is 4.01. The second kappa shape index (κ2) is 5.70.